The molecule has 3 amide bonds. The van der Waals surface area contributed by atoms with Crippen LogP contribution in [0.15, 0.2) is 70.4 Å². The minimum atomic E-state index is -3.80. The molecule has 0 saturated heterocycles. The van der Waals surface area contributed by atoms with Crippen LogP contribution in [0.5, 0.6) is 0 Å². The molecule has 0 unspecified atom stereocenters. The van der Waals surface area contributed by atoms with Crippen LogP contribution < -0.4 is 21.6 Å². The van der Waals surface area contributed by atoms with Gasteiger partial charge in [0.2, 0.25) is 11.8 Å². The Balaban J connectivity index is 1.28. The number of aryl methyl sites for hydroxylation is 1. The highest BCUT2D eigenvalue weighted by Gasteiger charge is 2.30. The fourth-order valence-corrected chi connectivity index (χ4v) is 7.43. The van der Waals surface area contributed by atoms with E-state index in [1.807, 2.05) is 52.0 Å². The number of sulfonamides is 1. The number of amides is 3. The molecule has 1 aromatic heterocycles. The van der Waals surface area contributed by atoms with E-state index in [1.165, 1.54) is 13.1 Å². The number of fused-ring (bicyclic) bond motifs is 1. The predicted molar refractivity (Wildman–Crippen MR) is 200 cm³/mol. The van der Waals surface area contributed by atoms with Crippen molar-refractivity contribution in [3.05, 3.63) is 82.3 Å². The molecule has 1 fully saturated rings. The van der Waals surface area contributed by atoms with E-state index in [0.29, 0.717) is 39.9 Å². The van der Waals surface area contributed by atoms with Gasteiger partial charge in [-0.25, -0.2) is 18.0 Å². The van der Waals surface area contributed by atoms with E-state index >= 15 is 0 Å². The van der Waals surface area contributed by atoms with Crippen molar-refractivity contribution in [3.8, 4) is 11.1 Å². The number of nitrogens with zero attached hydrogens (tertiary/aromatic N) is 1. The molecule has 1 saturated carbocycles. The van der Waals surface area contributed by atoms with Gasteiger partial charge in [-0.15, -0.1) is 3.82 Å². The quantitative estimate of drug-likeness (QED) is 0.124. The van der Waals surface area contributed by atoms with Crippen molar-refractivity contribution in [2.45, 2.75) is 76.3 Å². The molecule has 1 atom stereocenters. The zero-order valence-electron chi connectivity index (χ0n) is 29.8. The van der Waals surface area contributed by atoms with Gasteiger partial charge in [-0.2, -0.15) is 0 Å². The molecule has 1 heterocycles. The van der Waals surface area contributed by atoms with Crippen LogP contribution in [0.3, 0.4) is 0 Å². The molecule has 0 bridgehead atoms. The van der Waals surface area contributed by atoms with Gasteiger partial charge in [0.15, 0.2) is 0 Å². The number of hydrogen-bond acceptors (Lipinski definition) is 7. The van der Waals surface area contributed by atoms with Crippen LogP contribution in [0.2, 0.25) is 0 Å². The molecule has 5 N–H and O–H groups in total. The van der Waals surface area contributed by atoms with Gasteiger partial charge in [0.1, 0.15) is 11.6 Å². The summed E-state index contributed by atoms with van der Waals surface area (Å²) in [7, 11) is -2.54. The van der Waals surface area contributed by atoms with Gasteiger partial charge in [-0.3, -0.25) is 9.59 Å². The van der Waals surface area contributed by atoms with Gasteiger partial charge in [0, 0.05) is 31.6 Å². The third kappa shape index (κ3) is 9.81. The molecule has 52 heavy (non-hydrogen) atoms. The molecule has 13 nitrogen and oxygen atoms in total. The summed E-state index contributed by atoms with van der Waals surface area (Å²) < 4.78 is 31.0. The van der Waals surface area contributed by atoms with Crippen molar-refractivity contribution in [2.75, 3.05) is 18.9 Å². The van der Waals surface area contributed by atoms with E-state index < -0.39 is 33.7 Å². The minimum absolute atomic E-state index is 0.0837. The Morgan fingerprint density at radius 2 is 1.63 bits per heavy atom. The molecule has 0 radical (unpaired) electrons. The number of hydrogen-bond donors (Lipinski definition) is 5. The molecule has 0 spiro atoms. The summed E-state index contributed by atoms with van der Waals surface area (Å²) in [4.78, 5) is 56.6. The number of aromatic nitrogens is 2. The van der Waals surface area contributed by atoms with Gasteiger partial charge in [0.05, 0.1) is 15.9 Å². The molecule has 3 aromatic carbocycles. The number of H-pyrrole nitrogens is 2. The Morgan fingerprint density at radius 1 is 0.962 bits per heavy atom. The third-order valence-electron chi connectivity index (χ3n) is 9.10. The summed E-state index contributed by atoms with van der Waals surface area (Å²) in [6.45, 7) is 7.71. The number of anilines is 1. The van der Waals surface area contributed by atoms with E-state index in [2.05, 4.69) is 25.9 Å². The number of imidazole rings is 1. The number of carbonyl (C=O) groups is 3. The van der Waals surface area contributed by atoms with Crippen LogP contribution in [0.1, 0.15) is 57.6 Å². The first-order chi connectivity index (χ1) is 24.5. The number of halogens is 1. The maximum atomic E-state index is 13.8. The summed E-state index contributed by atoms with van der Waals surface area (Å²) >= 11 is 5.74. The highest BCUT2D eigenvalue weighted by atomic mass is 35.5. The van der Waals surface area contributed by atoms with Crippen LogP contribution >= 0.6 is 11.8 Å². The Kier molecular flexibility index (Phi) is 11.8. The lowest BCUT2D eigenvalue weighted by atomic mass is 9.81. The van der Waals surface area contributed by atoms with E-state index in [0.717, 1.165) is 35.1 Å². The Hall–Kier alpha value is -4.66. The Labute approximate surface area is 308 Å². The monoisotopic (exact) mass is 752 g/mol. The number of carbonyl (C=O) groups excluding carboxylic acids is 3. The van der Waals surface area contributed by atoms with Crippen LogP contribution in [-0.2, 0) is 30.8 Å². The fraction of sp³-hybridized carbons (Fsp3) is 0.405. The number of rotatable bonds is 11. The van der Waals surface area contributed by atoms with Gasteiger partial charge in [-0.05, 0) is 124 Å². The SMILES string of the molecule is Cc1cc(S(=O)(=O)N(C)Cl)ccc1-c1ccc(C[C@H](NC(=O)[C@H]2CC[C@H](CNC(=O)OC(C)(C)C)CC2)C(=O)Nc2ccc3[nH]c(=O)[nH]c3c2)cc1. The second-order valence-corrected chi connectivity index (χ2v) is 16.9. The average Bonchev–Trinajstić information content (AvgIpc) is 3.46. The van der Waals surface area contributed by atoms with Crippen LogP contribution in [0, 0.1) is 18.8 Å². The van der Waals surface area contributed by atoms with Crippen molar-refractivity contribution >= 4 is 56.4 Å². The molecular formula is C37H45ClN6O7S. The van der Waals surface area contributed by atoms with Gasteiger partial charge < -0.3 is 30.7 Å². The van der Waals surface area contributed by atoms with Gasteiger partial charge in [-0.1, -0.05) is 30.3 Å². The highest BCUT2D eigenvalue weighted by Crippen LogP contribution is 2.30. The average molecular weight is 753 g/mol. The smallest absolute Gasteiger partial charge is 0.407 e. The minimum Gasteiger partial charge on any atom is -0.444 e. The lowest BCUT2D eigenvalue weighted by molar-refractivity contribution is -0.130. The number of benzene rings is 3. The summed E-state index contributed by atoms with van der Waals surface area (Å²) in [6, 6.07) is 16.4. The number of aromatic amines is 2. The molecule has 4 aromatic rings. The van der Waals surface area contributed by atoms with Crippen molar-refractivity contribution < 1.29 is 27.5 Å². The van der Waals surface area contributed by atoms with Crippen LogP contribution in [-0.4, -0.2) is 65.4 Å². The first kappa shape index (κ1) is 38.6. The molecule has 278 valence electrons. The van der Waals surface area contributed by atoms with E-state index in [4.69, 9.17) is 16.5 Å². The van der Waals surface area contributed by atoms with Crippen LogP contribution in [0.25, 0.3) is 22.2 Å². The van der Waals surface area contributed by atoms with E-state index in [9.17, 15) is 27.6 Å². The molecule has 5 rings (SSSR count). The maximum Gasteiger partial charge on any atom is 0.407 e. The van der Waals surface area contributed by atoms with E-state index in [-0.39, 0.29) is 34.7 Å². The summed E-state index contributed by atoms with van der Waals surface area (Å²) in [5.41, 5.74) is 3.87. The second kappa shape index (κ2) is 15.9. The zero-order chi connectivity index (χ0) is 37.8. The molecular weight excluding hydrogens is 708 g/mol. The van der Waals surface area contributed by atoms with Crippen LogP contribution in [0.4, 0.5) is 10.5 Å². The van der Waals surface area contributed by atoms with Crippen molar-refractivity contribution in [3.63, 3.8) is 0 Å². The summed E-state index contributed by atoms with van der Waals surface area (Å²) in [6.07, 6.45) is 2.47. The number of ether oxygens (including phenoxy) is 1. The lowest BCUT2D eigenvalue weighted by Crippen LogP contribution is -2.48. The summed E-state index contributed by atoms with van der Waals surface area (Å²) in [5.74, 6) is -0.698. The third-order valence-corrected chi connectivity index (χ3v) is 11.2. The number of nitrogens with one attached hydrogen (secondary N) is 5. The molecule has 15 heteroatoms. The maximum absolute atomic E-state index is 13.8. The molecule has 1 aliphatic carbocycles. The largest absolute Gasteiger partial charge is 0.444 e. The Morgan fingerprint density at radius 3 is 2.27 bits per heavy atom. The summed E-state index contributed by atoms with van der Waals surface area (Å²) in [5, 5.41) is 8.71. The van der Waals surface area contributed by atoms with Crippen molar-refractivity contribution in [2.24, 2.45) is 11.8 Å². The molecule has 0 aliphatic heterocycles. The zero-order valence-corrected chi connectivity index (χ0v) is 31.4. The van der Waals surface area contributed by atoms with Gasteiger partial charge >= 0.3 is 11.8 Å². The second-order valence-electron chi connectivity index (χ2n) is 14.3. The highest BCUT2D eigenvalue weighted by molar-refractivity contribution is 7.90. The standard InChI is InChI=1S/C37H45ClN6O7S/c1-22-18-28(52(49,50)44(5)38)15-16-29(22)25-10-6-23(7-11-25)19-32(34(46)40-27-14-17-30-31(20-27)43-35(47)42-30)41-33(45)26-12-8-24(9-13-26)21-39-36(48)51-37(2,3)4/h6-7,10-11,14-18,20,24,26,32H,8-9,12-13,19,21H2,1-5H3,(H,39,48)(H,40,46)(H,41,45)(H2,42,43,47)/t24-,26-,32-/m0/s1. The van der Waals surface area contributed by atoms with Crippen molar-refractivity contribution in [1.82, 2.24) is 24.4 Å². The number of alkyl carbamates (subject to hydrolysis) is 1. The predicted octanol–water partition coefficient (Wildman–Crippen LogP) is 5.60. The first-order valence-corrected chi connectivity index (χ1v) is 18.9. The normalized spacial score (nSPS) is 17.1. The van der Waals surface area contributed by atoms with E-state index in [1.54, 1.807) is 30.3 Å². The lowest BCUT2D eigenvalue weighted by Gasteiger charge is -2.29. The van der Waals surface area contributed by atoms with Crippen molar-refractivity contribution in [1.29, 1.82) is 0 Å². The van der Waals surface area contributed by atoms with Gasteiger partial charge in [0.25, 0.3) is 10.0 Å². The first-order valence-electron chi connectivity index (χ1n) is 17.1. The molecule has 1 aliphatic rings. The fourth-order valence-electron chi connectivity index (χ4n) is 6.33. The Bertz CT molecular complexity index is 2100. The topological polar surface area (TPSA) is 183 Å².